The molecule has 16 aliphatic rings. The highest BCUT2D eigenvalue weighted by molar-refractivity contribution is 5.89. The van der Waals surface area contributed by atoms with E-state index in [1.165, 1.54) is 103 Å². The Morgan fingerprint density at radius 2 is 0.644 bits per heavy atom. The van der Waals surface area contributed by atoms with Gasteiger partial charge in [0.15, 0.2) is 0 Å². The van der Waals surface area contributed by atoms with Gasteiger partial charge in [-0.3, -0.25) is 28.8 Å². The van der Waals surface area contributed by atoms with E-state index in [-0.39, 0.29) is 136 Å². The van der Waals surface area contributed by atoms with Crippen molar-refractivity contribution in [2.75, 3.05) is 13.1 Å². The maximum absolute atomic E-state index is 12.5. The van der Waals surface area contributed by atoms with Crippen molar-refractivity contribution < 1.29 is 69.6 Å². The number of fused-ring (bicyclic) bond motifs is 20. The Bertz CT molecular complexity index is 4470. The van der Waals surface area contributed by atoms with Gasteiger partial charge in [-0.1, -0.05) is 134 Å². The van der Waals surface area contributed by atoms with Crippen molar-refractivity contribution in [2.24, 2.45) is 185 Å². The van der Waals surface area contributed by atoms with Gasteiger partial charge in [-0.25, -0.2) is 0 Å². The fourth-order valence-corrected chi connectivity index (χ4v) is 38.3. The average Bonchev–Trinajstić information content (AvgIpc) is 1.47. The number of unbranched alkanes of at least 4 members (excludes halogenated alkanes) is 2. The number of carbonyl (C=O) groups is 6. The molecule has 0 aromatic heterocycles. The summed E-state index contributed by atoms with van der Waals surface area (Å²) in [7, 11) is 0. The average molecular weight is 2030 g/mol. The minimum atomic E-state index is -0.552. The van der Waals surface area contributed by atoms with Gasteiger partial charge >= 0.3 is 0 Å². The molecule has 20 heteroatoms. The number of allylic oxidation sites excluding steroid dienone is 4. The van der Waals surface area contributed by atoms with E-state index in [9.17, 15) is 69.6 Å². The lowest BCUT2D eigenvalue weighted by Gasteiger charge is -2.63. The summed E-state index contributed by atoms with van der Waals surface area (Å²) in [5.41, 5.74) is 1.71. The van der Waals surface area contributed by atoms with Gasteiger partial charge in [-0.15, -0.1) is 24.7 Å². The third-order valence-corrected chi connectivity index (χ3v) is 46.2. The number of likely N-dealkylation sites (N-methyl/N-ethyl adjacent to an activating group) is 2. The summed E-state index contributed by atoms with van der Waals surface area (Å²) >= 11 is 0. The van der Waals surface area contributed by atoms with Crippen LogP contribution >= 0.6 is 0 Å². The molecule has 0 heterocycles. The molecule has 16 rings (SSSR count). The van der Waals surface area contributed by atoms with Crippen molar-refractivity contribution in [3.05, 3.63) is 48.6 Å². The van der Waals surface area contributed by atoms with Crippen LogP contribution in [-0.2, 0) is 28.8 Å². The summed E-state index contributed by atoms with van der Waals surface area (Å²) in [6.07, 6.45) is 70.8. The molecule has 14 N–H and O–H groups in total. The summed E-state index contributed by atoms with van der Waals surface area (Å²) in [5.74, 6) is 18.3. The lowest BCUT2D eigenvalue weighted by molar-refractivity contribution is -0.207. The fourth-order valence-electron chi connectivity index (χ4n) is 38.3. The number of hydrogen-bond acceptors (Lipinski definition) is 14. The SMILES string of the molecule is C#CCC(NC(=O)C=CCCC(C)C1CCC2C3C(O)CC4CC(O)CCC4(C)C3CCC12C)NC(=O)CCCC.C#CCC(NC(=O)C=CCCC(C)C1CCC2C3CCC4CC(O)CCC4(C)C3CC(O)C12C)NC(=O)CCCC.CCNC(=O)C=CCC[C@@H](C)[C@H]1CC[C@H]2[C@@H]3CC[C@@H]4C[C@H](O)CC[C@]4(C)[C@H]3CC[C@]12C.CCNC(=O)C=CCC[C@@H](C)[C@H]1CC[C@H]2[C@@H]3[C@H](O)C[C@@H]4C[C@H](O)CC[C@]4(C)[C@H]3C[C@H](O)[C@]12C. The van der Waals surface area contributed by atoms with E-state index in [1.807, 2.05) is 45.9 Å². The summed E-state index contributed by atoms with van der Waals surface area (Å²) in [6, 6.07) is 0. The number of aliphatic hydroxyl groups excluding tert-OH is 8. The number of amides is 6. The largest absolute Gasteiger partial charge is 0.393 e. The molecule has 0 aromatic carbocycles. The number of nitrogens with one attached hydrogen (secondary N) is 6. The van der Waals surface area contributed by atoms with Crippen LogP contribution in [0.15, 0.2) is 48.6 Å². The molecule has 824 valence electrons. The molecule has 42 atom stereocenters. The Morgan fingerprint density at radius 1 is 0.329 bits per heavy atom. The first kappa shape index (κ1) is 118. The van der Waals surface area contributed by atoms with Gasteiger partial charge in [0.25, 0.3) is 0 Å². The van der Waals surface area contributed by atoms with Crippen molar-refractivity contribution in [1.29, 1.82) is 0 Å². The zero-order valence-electron chi connectivity index (χ0n) is 93.8. The molecule has 6 amide bonds. The first-order chi connectivity index (χ1) is 69.5. The number of hydrogen-bond donors (Lipinski definition) is 14. The summed E-state index contributed by atoms with van der Waals surface area (Å²) < 4.78 is 0. The van der Waals surface area contributed by atoms with Crippen LogP contribution in [0.25, 0.3) is 0 Å². The Labute approximate surface area is 883 Å². The zero-order chi connectivity index (χ0) is 106. The topological polar surface area (TPSA) is 336 Å². The van der Waals surface area contributed by atoms with E-state index in [2.05, 4.69) is 133 Å². The van der Waals surface area contributed by atoms with Gasteiger partial charge in [-0.2, -0.15) is 0 Å². The zero-order valence-corrected chi connectivity index (χ0v) is 93.8. The summed E-state index contributed by atoms with van der Waals surface area (Å²) in [4.78, 5) is 72.5. The van der Waals surface area contributed by atoms with Gasteiger partial charge in [0.05, 0.1) is 48.8 Å². The van der Waals surface area contributed by atoms with E-state index in [4.69, 9.17) is 12.8 Å². The third-order valence-electron chi connectivity index (χ3n) is 46.2. The number of rotatable bonds is 34. The smallest absolute Gasteiger partial charge is 0.245 e. The van der Waals surface area contributed by atoms with E-state index >= 15 is 0 Å². The van der Waals surface area contributed by atoms with Gasteiger partial charge < -0.3 is 72.8 Å². The van der Waals surface area contributed by atoms with Crippen LogP contribution in [0, 0.1) is 210 Å². The van der Waals surface area contributed by atoms with Crippen LogP contribution in [0.5, 0.6) is 0 Å². The van der Waals surface area contributed by atoms with E-state index in [1.54, 1.807) is 24.3 Å². The molecule has 16 fully saturated rings. The normalized spacial score (nSPS) is 42.8. The molecule has 0 spiro atoms. The standard InChI is InChI=1S/2C35H56N2O4.C28H47NO4.C28H47NO2/c1-6-8-13-31(40)36-30(11-7-2)37-32(41)14-10-9-12-23(3)26-15-16-27-33-28(18-20-35(26,27)5)34(4)19-17-25(38)21-24(34)22-29(33)39;1-6-8-13-32(40)36-31(11-7-2)37-33(41)14-10-9-12-23(3)27-17-18-28-26-16-15-24-21-25(38)19-20-34(24,4)29(26)22-30(39)35(27,28)5;1-5-29-25(33)9-7-6-8-17(2)20-10-11-21-26-22(16-24(32)28(20,21)4)27(3)13-12-19(30)14-18(27)15-23(26)31;1-5-29-26(31)9-7-6-8-19(2)23-12-13-24-22-11-10-20-18-21(30)14-16-27(20,3)25(22)15-17-28(23,24)4/h2,10,14,23-30,33,38-39H,6,8-9,11-13,15-22H2,1,3-5H3,(H,36,40)(H,37,41);2,10,14,23-31,38-39H,6,8-9,11-13,15-22H2,1,3-5H3,(H,36,40)(H,37,41);7,9,17-24,26,30-32H,5-6,8,10-16H2,1-4H3,(H,29,33);7,9,19-25,30H,5-6,8,10-18H2,1-4H3,(H,29,31)/t;;17-,18+,19-,20-,21+,22+,23-,24+,26+,27+,28-;19-,20-,21-,22+,23-,24+,25+,27+,28-/m..11/s1. The molecule has 0 aromatic rings. The molecule has 0 aliphatic heterocycles. The minimum absolute atomic E-state index is 0.0277. The van der Waals surface area contributed by atoms with Crippen LogP contribution in [0.3, 0.4) is 0 Å². The molecule has 16 aliphatic carbocycles. The Hall–Kier alpha value is -5.42. The Morgan fingerprint density at radius 3 is 1.07 bits per heavy atom. The molecular formula is C126H206N6O14. The summed E-state index contributed by atoms with van der Waals surface area (Å²) in [6.45, 7) is 38.6. The van der Waals surface area contributed by atoms with E-state index in [0.717, 1.165) is 215 Å². The molecular weight excluding hydrogens is 1820 g/mol. The first-order valence-electron chi connectivity index (χ1n) is 60.2. The molecule has 0 saturated heterocycles. The van der Waals surface area contributed by atoms with Gasteiger partial charge in [0.2, 0.25) is 35.4 Å². The molecule has 20 nitrogen and oxygen atoms in total. The predicted molar refractivity (Wildman–Crippen MR) is 584 cm³/mol. The van der Waals surface area contributed by atoms with Gasteiger partial charge in [-0.05, 0) is 493 Å². The van der Waals surface area contributed by atoms with E-state index in [0.29, 0.717) is 137 Å². The van der Waals surface area contributed by atoms with Gasteiger partial charge in [0, 0.05) is 38.8 Å². The highest BCUT2D eigenvalue weighted by atomic mass is 16.3. The minimum Gasteiger partial charge on any atom is -0.393 e. The van der Waals surface area contributed by atoms with Crippen molar-refractivity contribution in [1.82, 2.24) is 31.9 Å². The maximum atomic E-state index is 12.5. The highest BCUT2D eigenvalue weighted by Crippen LogP contribution is 2.74. The molecule has 0 radical (unpaired) electrons. The molecule has 0 bridgehead atoms. The number of carbonyl (C=O) groups excluding carboxylic acids is 6. The van der Waals surface area contributed by atoms with Crippen LogP contribution in [-0.4, -0.2) is 151 Å². The third kappa shape index (κ3) is 25.5. The quantitative estimate of drug-likeness (QED) is 0.0162. The molecule has 22 unspecified atom stereocenters. The monoisotopic (exact) mass is 2030 g/mol. The van der Waals surface area contributed by atoms with Crippen molar-refractivity contribution in [3.8, 4) is 24.7 Å². The highest BCUT2D eigenvalue weighted by Gasteiger charge is 2.69. The lowest BCUT2D eigenvalue weighted by Crippen LogP contribution is -2.62. The van der Waals surface area contributed by atoms with Crippen LogP contribution in [0.4, 0.5) is 0 Å². The van der Waals surface area contributed by atoms with E-state index < -0.39 is 12.3 Å². The number of terminal acetylenes is 2. The number of aliphatic hydroxyl groups is 8. The molecule has 16 saturated carbocycles. The fraction of sp³-hybridized carbons (Fsp3) is 0.857. The Kier molecular flexibility index (Phi) is 41.3. The second kappa shape index (κ2) is 51.3. The van der Waals surface area contributed by atoms with Crippen LogP contribution < -0.4 is 31.9 Å². The van der Waals surface area contributed by atoms with Crippen molar-refractivity contribution in [3.63, 3.8) is 0 Å². The second-order valence-corrected chi connectivity index (χ2v) is 53.6. The lowest BCUT2D eigenvalue weighted by atomic mass is 9.43. The molecule has 146 heavy (non-hydrogen) atoms. The summed E-state index contributed by atoms with van der Waals surface area (Å²) in [5, 5.41) is 104. The van der Waals surface area contributed by atoms with Crippen LogP contribution in [0.2, 0.25) is 0 Å². The maximum Gasteiger partial charge on any atom is 0.245 e. The first-order valence-corrected chi connectivity index (χ1v) is 60.2. The Balaban J connectivity index is 0.000000164. The van der Waals surface area contributed by atoms with Crippen molar-refractivity contribution in [2.45, 2.75) is 480 Å². The second-order valence-electron chi connectivity index (χ2n) is 53.6. The van der Waals surface area contributed by atoms with Gasteiger partial charge in [0.1, 0.15) is 12.3 Å². The predicted octanol–water partition coefficient (Wildman–Crippen LogP) is 21.6. The van der Waals surface area contributed by atoms with Crippen molar-refractivity contribution >= 4 is 35.4 Å². The van der Waals surface area contributed by atoms with Crippen LogP contribution in [0.1, 0.15) is 419 Å².